The highest BCUT2D eigenvalue weighted by atomic mass is 16.5. The Balaban J connectivity index is 1.83. The van der Waals surface area contributed by atoms with Crippen LogP contribution in [0, 0.1) is 5.92 Å². The van der Waals surface area contributed by atoms with Gasteiger partial charge in [0.05, 0.1) is 25.1 Å². The Bertz CT molecular complexity index is 156. The van der Waals surface area contributed by atoms with Crippen LogP contribution in [-0.4, -0.2) is 18.8 Å². The van der Waals surface area contributed by atoms with Crippen LogP contribution in [0.25, 0.3) is 0 Å². The Morgan fingerprint density at radius 2 is 2.45 bits per heavy atom. The molecule has 0 aromatic rings. The van der Waals surface area contributed by atoms with Crippen LogP contribution in [0.4, 0.5) is 0 Å². The summed E-state index contributed by atoms with van der Waals surface area (Å²) in [4.78, 5) is 0. The van der Waals surface area contributed by atoms with Gasteiger partial charge >= 0.3 is 0 Å². The average molecular weight is 154 g/mol. The summed E-state index contributed by atoms with van der Waals surface area (Å²) in [7, 11) is 0. The van der Waals surface area contributed by atoms with Crippen molar-refractivity contribution in [1.29, 1.82) is 0 Å². The lowest BCUT2D eigenvalue weighted by Gasteiger charge is -2.17. The van der Waals surface area contributed by atoms with Crippen molar-refractivity contribution in [2.75, 3.05) is 6.61 Å². The molecule has 0 aromatic heterocycles. The Morgan fingerprint density at radius 1 is 1.55 bits per heavy atom. The van der Waals surface area contributed by atoms with Gasteiger partial charge in [0.25, 0.3) is 0 Å². The first-order valence-corrected chi connectivity index (χ1v) is 4.28. The zero-order chi connectivity index (χ0) is 7.68. The van der Waals surface area contributed by atoms with E-state index >= 15 is 0 Å². The summed E-state index contributed by atoms with van der Waals surface area (Å²) in [5, 5.41) is 0. The molecule has 2 bridgehead atoms. The summed E-state index contributed by atoms with van der Waals surface area (Å²) in [6.45, 7) is 4.32. The zero-order valence-electron chi connectivity index (χ0n) is 6.66. The molecule has 2 rings (SSSR count). The summed E-state index contributed by atoms with van der Waals surface area (Å²) >= 11 is 0. The quantitative estimate of drug-likeness (QED) is 0.576. The fourth-order valence-electron chi connectivity index (χ4n) is 2.11. The molecule has 2 aliphatic heterocycles. The van der Waals surface area contributed by atoms with Gasteiger partial charge in [-0.05, 0) is 19.3 Å². The minimum Gasteiger partial charge on any atom is -0.501 e. The van der Waals surface area contributed by atoms with E-state index in [4.69, 9.17) is 9.47 Å². The molecule has 0 N–H and O–H groups in total. The third-order valence-electron chi connectivity index (χ3n) is 2.66. The van der Waals surface area contributed by atoms with E-state index in [0.717, 1.165) is 6.61 Å². The highest BCUT2D eigenvalue weighted by molar-refractivity contribution is 4.89. The Labute approximate surface area is 67.2 Å². The molecule has 2 fully saturated rings. The second-order valence-electron chi connectivity index (χ2n) is 3.37. The van der Waals surface area contributed by atoms with E-state index in [0.29, 0.717) is 18.1 Å². The lowest BCUT2D eigenvalue weighted by atomic mass is 9.90. The maximum absolute atomic E-state index is 5.67. The fraction of sp³-hybridized carbons (Fsp3) is 0.778. The van der Waals surface area contributed by atoms with E-state index in [9.17, 15) is 0 Å². The molecule has 11 heavy (non-hydrogen) atoms. The van der Waals surface area contributed by atoms with E-state index in [1.165, 1.54) is 25.5 Å². The zero-order valence-corrected chi connectivity index (χ0v) is 6.66. The van der Waals surface area contributed by atoms with Gasteiger partial charge < -0.3 is 9.47 Å². The Kier molecular flexibility index (Phi) is 1.86. The molecule has 62 valence electrons. The molecule has 2 heterocycles. The predicted octanol–water partition coefficient (Wildman–Crippen LogP) is 1.71. The molecule has 0 amide bonds. The molecule has 2 nitrogen and oxygen atoms in total. The SMILES string of the molecule is C=COCC1CC2CCC1O2. The summed E-state index contributed by atoms with van der Waals surface area (Å²) in [5.41, 5.74) is 0. The van der Waals surface area contributed by atoms with Crippen LogP contribution in [0.3, 0.4) is 0 Å². The second-order valence-corrected chi connectivity index (χ2v) is 3.37. The number of fused-ring (bicyclic) bond motifs is 2. The Hall–Kier alpha value is -0.500. The van der Waals surface area contributed by atoms with Crippen molar-refractivity contribution in [1.82, 2.24) is 0 Å². The molecule has 2 heteroatoms. The maximum atomic E-state index is 5.67. The highest BCUT2D eigenvalue weighted by Crippen LogP contribution is 2.38. The van der Waals surface area contributed by atoms with Crippen LogP contribution >= 0.6 is 0 Å². The highest BCUT2D eigenvalue weighted by Gasteiger charge is 2.40. The van der Waals surface area contributed by atoms with Gasteiger partial charge in [-0.2, -0.15) is 0 Å². The van der Waals surface area contributed by atoms with Crippen molar-refractivity contribution in [2.24, 2.45) is 5.92 Å². The van der Waals surface area contributed by atoms with Gasteiger partial charge in [0, 0.05) is 5.92 Å². The number of rotatable bonds is 3. The van der Waals surface area contributed by atoms with E-state index in [-0.39, 0.29) is 0 Å². The van der Waals surface area contributed by atoms with Gasteiger partial charge in [-0.1, -0.05) is 6.58 Å². The van der Waals surface area contributed by atoms with E-state index < -0.39 is 0 Å². The van der Waals surface area contributed by atoms with E-state index in [1.54, 1.807) is 0 Å². The van der Waals surface area contributed by atoms with Crippen LogP contribution < -0.4 is 0 Å². The fourth-order valence-corrected chi connectivity index (χ4v) is 2.11. The van der Waals surface area contributed by atoms with Crippen molar-refractivity contribution in [2.45, 2.75) is 31.5 Å². The van der Waals surface area contributed by atoms with Crippen LogP contribution in [0.1, 0.15) is 19.3 Å². The Morgan fingerprint density at radius 3 is 3.00 bits per heavy atom. The van der Waals surface area contributed by atoms with Crippen LogP contribution in [0.5, 0.6) is 0 Å². The summed E-state index contributed by atoms with van der Waals surface area (Å²) in [6.07, 6.45) is 6.23. The maximum Gasteiger partial charge on any atom is 0.0926 e. The third-order valence-corrected chi connectivity index (χ3v) is 2.66. The number of hydrogen-bond donors (Lipinski definition) is 0. The van der Waals surface area contributed by atoms with Crippen molar-refractivity contribution >= 4 is 0 Å². The van der Waals surface area contributed by atoms with Crippen molar-refractivity contribution in [3.05, 3.63) is 12.8 Å². The molecule has 0 radical (unpaired) electrons. The summed E-state index contributed by atoms with van der Waals surface area (Å²) in [6, 6.07) is 0. The minimum atomic E-state index is 0.486. The first kappa shape index (κ1) is 7.17. The molecular formula is C9H14O2. The number of hydrogen-bond acceptors (Lipinski definition) is 2. The summed E-state index contributed by atoms with van der Waals surface area (Å²) in [5.74, 6) is 0.631. The average Bonchev–Trinajstić information content (AvgIpc) is 2.60. The number of ether oxygens (including phenoxy) is 2. The molecule has 0 aromatic carbocycles. The van der Waals surface area contributed by atoms with E-state index in [1.807, 2.05) is 0 Å². The molecule has 0 spiro atoms. The molecule has 0 aliphatic carbocycles. The molecule has 3 atom stereocenters. The van der Waals surface area contributed by atoms with Gasteiger partial charge in [-0.15, -0.1) is 0 Å². The molecule has 2 aliphatic rings. The first-order chi connectivity index (χ1) is 5.40. The normalized spacial score (nSPS) is 40.9. The monoisotopic (exact) mass is 154 g/mol. The van der Waals surface area contributed by atoms with Gasteiger partial charge in [0.1, 0.15) is 0 Å². The van der Waals surface area contributed by atoms with Crippen molar-refractivity contribution in [3.8, 4) is 0 Å². The molecule has 2 saturated heterocycles. The largest absolute Gasteiger partial charge is 0.501 e. The first-order valence-electron chi connectivity index (χ1n) is 4.28. The molecule has 3 unspecified atom stereocenters. The molecular weight excluding hydrogens is 140 g/mol. The predicted molar refractivity (Wildman–Crippen MR) is 42.2 cm³/mol. The van der Waals surface area contributed by atoms with E-state index in [2.05, 4.69) is 6.58 Å². The van der Waals surface area contributed by atoms with Crippen LogP contribution in [0.2, 0.25) is 0 Å². The van der Waals surface area contributed by atoms with Crippen LogP contribution in [-0.2, 0) is 9.47 Å². The topological polar surface area (TPSA) is 18.5 Å². The van der Waals surface area contributed by atoms with Crippen LogP contribution in [0.15, 0.2) is 12.8 Å². The van der Waals surface area contributed by atoms with Crippen molar-refractivity contribution < 1.29 is 9.47 Å². The minimum absolute atomic E-state index is 0.486. The summed E-state index contributed by atoms with van der Waals surface area (Å²) < 4.78 is 10.8. The smallest absolute Gasteiger partial charge is 0.0926 e. The van der Waals surface area contributed by atoms with Gasteiger partial charge in [-0.3, -0.25) is 0 Å². The lowest BCUT2D eigenvalue weighted by molar-refractivity contribution is 0.0763. The van der Waals surface area contributed by atoms with Gasteiger partial charge in [0.2, 0.25) is 0 Å². The van der Waals surface area contributed by atoms with Gasteiger partial charge in [-0.25, -0.2) is 0 Å². The third kappa shape index (κ3) is 1.27. The second kappa shape index (κ2) is 2.86. The van der Waals surface area contributed by atoms with Crippen molar-refractivity contribution in [3.63, 3.8) is 0 Å². The van der Waals surface area contributed by atoms with Gasteiger partial charge in [0.15, 0.2) is 0 Å². The molecule has 0 saturated carbocycles. The standard InChI is InChI=1S/C9H14O2/c1-2-10-6-7-5-8-3-4-9(7)11-8/h2,7-9H,1,3-6H2. The lowest BCUT2D eigenvalue weighted by Crippen LogP contribution is -2.20.